The van der Waals surface area contributed by atoms with E-state index in [1.54, 1.807) is 18.2 Å². The highest BCUT2D eigenvalue weighted by molar-refractivity contribution is 8.00. The number of rotatable bonds is 5. The highest BCUT2D eigenvalue weighted by atomic mass is 35.5. The second-order valence-corrected chi connectivity index (χ2v) is 6.79. The van der Waals surface area contributed by atoms with Gasteiger partial charge in [-0.2, -0.15) is 0 Å². The molecule has 20 heavy (non-hydrogen) atoms. The highest BCUT2D eigenvalue weighted by Gasteiger charge is 2.23. The smallest absolute Gasteiger partial charge is 0.172 e. The molecule has 0 saturated heterocycles. The van der Waals surface area contributed by atoms with Crippen molar-refractivity contribution in [2.45, 2.75) is 18.2 Å². The predicted octanol–water partition coefficient (Wildman–Crippen LogP) is 3.45. The van der Waals surface area contributed by atoms with Crippen molar-refractivity contribution in [3.05, 3.63) is 45.6 Å². The molecule has 1 aromatic carbocycles. The summed E-state index contributed by atoms with van der Waals surface area (Å²) >= 11 is 13.2. The van der Waals surface area contributed by atoms with Crippen LogP contribution in [-0.4, -0.2) is 16.9 Å². The van der Waals surface area contributed by atoms with Crippen LogP contribution >= 0.6 is 35.0 Å². The quantitative estimate of drug-likeness (QED) is 0.640. The van der Waals surface area contributed by atoms with Crippen LogP contribution < -0.4 is 11.5 Å². The summed E-state index contributed by atoms with van der Waals surface area (Å²) in [6.45, 7) is 0. The third-order valence-corrected chi connectivity index (χ3v) is 5.23. The monoisotopic (exact) mass is 330 g/mol. The van der Waals surface area contributed by atoms with Crippen LogP contribution in [0.1, 0.15) is 23.2 Å². The maximum atomic E-state index is 12.1. The molecule has 0 saturated carbocycles. The fourth-order valence-corrected chi connectivity index (χ4v) is 3.37. The van der Waals surface area contributed by atoms with E-state index in [0.717, 1.165) is 18.5 Å². The van der Waals surface area contributed by atoms with E-state index in [2.05, 4.69) is 0 Å². The molecule has 2 atom stereocenters. The molecule has 2 unspecified atom stereocenters. The van der Waals surface area contributed by atoms with E-state index in [4.69, 9.17) is 34.7 Å². The number of benzene rings is 1. The van der Waals surface area contributed by atoms with Crippen molar-refractivity contribution in [2.75, 3.05) is 5.75 Å². The van der Waals surface area contributed by atoms with Crippen LogP contribution in [0.4, 0.5) is 0 Å². The molecular weight excluding hydrogens is 315 g/mol. The Morgan fingerprint density at radius 2 is 2.15 bits per heavy atom. The molecule has 0 amide bonds. The molecule has 0 spiro atoms. The van der Waals surface area contributed by atoms with Crippen molar-refractivity contribution in [1.82, 2.24) is 0 Å². The lowest BCUT2D eigenvalue weighted by molar-refractivity contribution is 0.102. The van der Waals surface area contributed by atoms with Crippen LogP contribution in [0.15, 0.2) is 30.0 Å². The van der Waals surface area contributed by atoms with E-state index in [-0.39, 0.29) is 11.2 Å². The van der Waals surface area contributed by atoms with Crippen LogP contribution in [0.3, 0.4) is 0 Å². The number of carbonyl (C=O) groups excluding carboxylic acids is 1. The van der Waals surface area contributed by atoms with Gasteiger partial charge in [0.1, 0.15) is 0 Å². The fraction of sp³-hybridized carbons (Fsp3) is 0.357. The number of thioether (sulfide) groups is 1. The highest BCUT2D eigenvalue weighted by Crippen LogP contribution is 2.30. The first kappa shape index (κ1) is 15.7. The zero-order chi connectivity index (χ0) is 14.7. The summed E-state index contributed by atoms with van der Waals surface area (Å²) in [5.74, 6) is 0.653. The zero-order valence-corrected chi connectivity index (χ0v) is 13.1. The van der Waals surface area contributed by atoms with Gasteiger partial charge in [0.15, 0.2) is 5.78 Å². The number of hydrogen-bond donors (Lipinski definition) is 2. The number of allylic oxidation sites excluding steroid dienone is 2. The van der Waals surface area contributed by atoms with Crippen LogP contribution in [0.2, 0.25) is 10.0 Å². The summed E-state index contributed by atoms with van der Waals surface area (Å²) in [5.41, 5.74) is 13.3. The molecule has 1 aliphatic rings. The Hall–Kier alpha value is -0.680. The number of carbonyl (C=O) groups is 1. The minimum atomic E-state index is -0.0842. The van der Waals surface area contributed by atoms with Gasteiger partial charge in [0, 0.05) is 11.3 Å². The molecule has 1 aliphatic carbocycles. The summed E-state index contributed by atoms with van der Waals surface area (Å²) in [6, 6.07) is 4.90. The van der Waals surface area contributed by atoms with Crippen LogP contribution in [0, 0.1) is 5.92 Å². The van der Waals surface area contributed by atoms with Crippen molar-refractivity contribution < 1.29 is 4.79 Å². The normalized spacial score (nSPS) is 19.8. The Balaban J connectivity index is 1.87. The molecule has 6 heteroatoms. The molecule has 0 fully saturated rings. The Labute approximate surface area is 132 Å². The number of hydrogen-bond acceptors (Lipinski definition) is 4. The van der Waals surface area contributed by atoms with Gasteiger partial charge < -0.3 is 11.5 Å². The summed E-state index contributed by atoms with van der Waals surface area (Å²) in [5, 5.41) is 0.749. The minimum Gasteiger partial charge on any atom is -0.402 e. The minimum absolute atomic E-state index is 0.00273. The van der Waals surface area contributed by atoms with Crippen LogP contribution in [0.25, 0.3) is 0 Å². The first-order chi connectivity index (χ1) is 9.47. The van der Waals surface area contributed by atoms with Crippen LogP contribution in [-0.2, 0) is 0 Å². The summed E-state index contributed by atoms with van der Waals surface area (Å²) in [6.07, 6.45) is 3.71. The third-order valence-electron chi connectivity index (χ3n) is 3.29. The van der Waals surface area contributed by atoms with E-state index in [1.165, 1.54) is 11.8 Å². The van der Waals surface area contributed by atoms with E-state index >= 15 is 0 Å². The molecule has 0 bridgehead atoms. The summed E-state index contributed by atoms with van der Waals surface area (Å²) < 4.78 is 0. The number of ketones is 1. The first-order valence-electron chi connectivity index (χ1n) is 6.27. The number of halogens is 2. The van der Waals surface area contributed by atoms with Crippen molar-refractivity contribution in [1.29, 1.82) is 0 Å². The predicted molar refractivity (Wildman–Crippen MR) is 86.2 cm³/mol. The molecule has 4 N–H and O–H groups in total. The van der Waals surface area contributed by atoms with E-state index in [0.29, 0.717) is 27.3 Å². The molecule has 0 aromatic heterocycles. The Morgan fingerprint density at radius 3 is 2.75 bits per heavy atom. The van der Waals surface area contributed by atoms with E-state index in [1.807, 2.05) is 6.08 Å². The van der Waals surface area contributed by atoms with Crippen molar-refractivity contribution in [3.63, 3.8) is 0 Å². The Morgan fingerprint density at radius 1 is 1.40 bits per heavy atom. The van der Waals surface area contributed by atoms with E-state index < -0.39 is 0 Å². The summed E-state index contributed by atoms with van der Waals surface area (Å²) in [7, 11) is 0. The van der Waals surface area contributed by atoms with Gasteiger partial charge in [-0.25, -0.2) is 0 Å². The van der Waals surface area contributed by atoms with Gasteiger partial charge in [0.2, 0.25) is 0 Å². The van der Waals surface area contributed by atoms with Crippen LogP contribution in [0.5, 0.6) is 0 Å². The van der Waals surface area contributed by atoms with Crippen molar-refractivity contribution in [2.24, 2.45) is 17.4 Å². The average Bonchev–Trinajstić information content (AvgIpc) is 2.85. The lowest BCUT2D eigenvalue weighted by Gasteiger charge is -2.18. The molecule has 2 rings (SSSR count). The largest absolute Gasteiger partial charge is 0.402 e. The number of nitrogens with two attached hydrogens (primary N) is 2. The third kappa shape index (κ3) is 3.92. The fourth-order valence-electron chi connectivity index (χ4n) is 2.08. The second-order valence-electron chi connectivity index (χ2n) is 4.81. The Bertz CT molecular complexity index is 548. The lowest BCUT2D eigenvalue weighted by Crippen LogP contribution is -2.27. The SMILES string of the molecule is NC1=CCC(C(N)SCC(=O)c2ccc(Cl)c(Cl)c2)C1. The molecule has 3 nitrogen and oxygen atoms in total. The van der Waals surface area contributed by atoms with Gasteiger partial charge in [0.05, 0.1) is 21.2 Å². The van der Waals surface area contributed by atoms with Gasteiger partial charge in [0.25, 0.3) is 0 Å². The van der Waals surface area contributed by atoms with Gasteiger partial charge in [-0.15, -0.1) is 11.8 Å². The molecule has 1 aromatic rings. The van der Waals surface area contributed by atoms with Crippen molar-refractivity contribution >= 4 is 40.7 Å². The zero-order valence-electron chi connectivity index (χ0n) is 10.8. The second kappa shape index (κ2) is 6.85. The maximum absolute atomic E-state index is 12.1. The van der Waals surface area contributed by atoms with E-state index in [9.17, 15) is 4.79 Å². The van der Waals surface area contributed by atoms with Crippen molar-refractivity contribution in [3.8, 4) is 0 Å². The molecule has 0 heterocycles. The van der Waals surface area contributed by atoms with Gasteiger partial charge in [-0.05, 0) is 37.0 Å². The van der Waals surface area contributed by atoms with Gasteiger partial charge in [-0.1, -0.05) is 29.3 Å². The summed E-state index contributed by atoms with van der Waals surface area (Å²) in [4.78, 5) is 12.1. The lowest BCUT2D eigenvalue weighted by atomic mass is 10.1. The number of Topliss-reactive ketones (excluding diaryl/α,β-unsaturated/α-hetero) is 1. The first-order valence-corrected chi connectivity index (χ1v) is 8.08. The Kier molecular flexibility index (Phi) is 5.38. The molecular formula is C14H16Cl2N2OS. The molecule has 108 valence electrons. The topological polar surface area (TPSA) is 69.1 Å². The average molecular weight is 331 g/mol. The van der Waals surface area contributed by atoms with Gasteiger partial charge >= 0.3 is 0 Å². The maximum Gasteiger partial charge on any atom is 0.172 e. The molecule has 0 radical (unpaired) electrons. The standard InChI is InChI=1S/C14H16Cl2N2OS/c15-11-4-2-8(6-12(11)16)13(19)7-20-14(18)9-1-3-10(17)5-9/h2-4,6,9,14H,1,5,7,17-18H2. The van der Waals surface area contributed by atoms with Gasteiger partial charge in [-0.3, -0.25) is 4.79 Å². The molecule has 0 aliphatic heterocycles.